The number of carbonyl (C=O) groups is 1. The number of aromatic nitrogens is 4. The van der Waals surface area contributed by atoms with E-state index in [1.54, 1.807) is 6.08 Å². The van der Waals surface area contributed by atoms with E-state index in [1.165, 1.54) is 0 Å². The fourth-order valence-corrected chi connectivity index (χ4v) is 4.71. The Morgan fingerprint density at radius 3 is 2.44 bits per heavy atom. The molecule has 1 aliphatic rings. The lowest BCUT2D eigenvalue weighted by Gasteiger charge is -2.23. The largest absolute Gasteiger partial charge is 0.354 e. The molecule has 2 aromatic heterocycles. The van der Waals surface area contributed by atoms with Crippen LogP contribution in [0.3, 0.4) is 0 Å². The number of carbonyl (C=O) groups excluding carboxylic acids is 1. The summed E-state index contributed by atoms with van der Waals surface area (Å²) in [6, 6.07) is 20.1. The van der Waals surface area contributed by atoms with Crippen LogP contribution in [0.5, 0.6) is 0 Å². The number of fused-ring (bicyclic) bond motifs is 1. The highest BCUT2D eigenvalue weighted by Crippen LogP contribution is 2.30. The van der Waals surface area contributed by atoms with Gasteiger partial charge in [-0.15, -0.1) is 0 Å². The smallest absolute Gasteiger partial charge is 0.246 e. The first-order valence-electron chi connectivity index (χ1n) is 12.7. The molecule has 1 saturated heterocycles. The Labute approximate surface area is 212 Å². The molecule has 5 rings (SSSR count). The second kappa shape index (κ2) is 10.7. The lowest BCUT2D eigenvalue weighted by Crippen LogP contribution is -2.34. The van der Waals surface area contributed by atoms with Gasteiger partial charge in [0.1, 0.15) is 11.6 Å². The van der Waals surface area contributed by atoms with E-state index in [-0.39, 0.29) is 5.91 Å². The van der Waals surface area contributed by atoms with Crippen LogP contribution >= 0.6 is 0 Å². The van der Waals surface area contributed by atoms with Crippen LogP contribution in [-0.2, 0) is 11.2 Å². The number of amides is 1. The molecule has 7 nitrogen and oxygen atoms in total. The highest BCUT2D eigenvalue weighted by atomic mass is 16.2. The van der Waals surface area contributed by atoms with Crippen molar-refractivity contribution < 1.29 is 4.79 Å². The van der Waals surface area contributed by atoms with E-state index in [2.05, 4.69) is 11.8 Å². The van der Waals surface area contributed by atoms with Crippen LogP contribution in [-0.4, -0.2) is 56.7 Å². The van der Waals surface area contributed by atoms with Gasteiger partial charge in [-0.1, -0.05) is 55.5 Å². The molecule has 3 heterocycles. The standard InChI is InChI=1S/C29H32N6O/c1-3-11-25-30-28(27-22(2)32-35(29(27)31-25)24-14-8-5-9-15-24)34-19-10-18-33(20-21-34)26(36)17-16-23-12-6-4-7-13-23/h4-9,12-17H,3,10-11,18-21H2,1-2H3/b17-16+. The molecular formula is C29H32N6O. The Morgan fingerprint density at radius 2 is 1.69 bits per heavy atom. The molecule has 0 atom stereocenters. The highest BCUT2D eigenvalue weighted by Gasteiger charge is 2.24. The molecule has 0 radical (unpaired) electrons. The van der Waals surface area contributed by atoms with E-state index in [0.29, 0.717) is 6.54 Å². The van der Waals surface area contributed by atoms with E-state index in [0.717, 1.165) is 78.5 Å². The van der Waals surface area contributed by atoms with Gasteiger partial charge in [-0.05, 0) is 43.5 Å². The molecule has 0 spiro atoms. The summed E-state index contributed by atoms with van der Waals surface area (Å²) in [5.41, 5.74) is 3.77. The molecule has 0 saturated carbocycles. The summed E-state index contributed by atoms with van der Waals surface area (Å²) in [6.07, 6.45) is 6.23. The van der Waals surface area contributed by atoms with Crippen molar-refractivity contribution in [3.8, 4) is 5.69 Å². The van der Waals surface area contributed by atoms with Crippen LogP contribution in [0.25, 0.3) is 22.8 Å². The van der Waals surface area contributed by atoms with Crippen LogP contribution in [0.15, 0.2) is 66.7 Å². The van der Waals surface area contributed by atoms with E-state index in [1.807, 2.05) is 83.2 Å². The molecule has 0 bridgehead atoms. The monoisotopic (exact) mass is 480 g/mol. The van der Waals surface area contributed by atoms with E-state index in [9.17, 15) is 4.79 Å². The quantitative estimate of drug-likeness (QED) is 0.370. The number of hydrogen-bond donors (Lipinski definition) is 0. The summed E-state index contributed by atoms with van der Waals surface area (Å²) in [5, 5.41) is 5.84. The molecule has 2 aromatic carbocycles. The molecule has 36 heavy (non-hydrogen) atoms. The van der Waals surface area contributed by atoms with Gasteiger partial charge in [-0.2, -0.15) is 5.10 Å². The predicted octanol–water partition coefficient (Wildman–Crippen LogP) is 4.83. The van der Waals surface area contributed by atoms with Crippen LogP contribution in [0.4, 0.5) is 5.82 Å². The molecule has 0 aliphatic carbocycles. The number of nitrogens with zero attached hydrogens (tertiary/aromatic N) is 6. The number of para-hydroxylation sites is 1. The van der Waals surface area contributed by atoms with Crippen molar-refractivity contribution in [2.24, 2.45) is 0 Å². The molecule has 0 unspecified atom stereocenters. The fraction of sp³-hybridized carbons (Fsp3) is 0.310. The van der Waals surface area contributed by atoms with E-state index < -0.39 is 0 Å². The molecule has 4 aromatic rings. The lowest BCUT2D eigenvalue weighted by molar-refractivity contribution is -0.125. The summed E-state index contributed by atoms with van der Waals surface area (Å²) in [5.74, 6) is 1.81. The molecule has 0 N–H and O–H groups in total. The van der Waals surface area contributed by atoms with Gasteiger partial charge >= 0.3 is 0 Å². The lowest BCUT2D eigenvalue weighted by atomic mass is 10.2. The second-order valence-corrected chi connectivity index (χ2v) is 9.15. The first-order valence-corrected chi connectivity index (χ1v) is 12.7. The maximum atomic E-state index is 12.9. The first-order chi connectivity index (χ1) is 17.6. The van der Waals surface area contributed by atoms with Gasteiger partial charge in [0.15, 0.2) is 5.65 Å². The van der Waals surface area contributed by atoms with Crippen molar-refractivity contribution in [3.05, 3.63) is 83.8 Å². The van der Waals surface area contributed by atoms with Crippen LogP contribution in [0, 0.1) is 6.92 Å². The van der Waals surface area contributed by atoms with Gasteiger partial charge < -0.3 is 9.80 Å². The topological polar surface area (TPSA) is 67.2 Å². The molecule has 184 valence electrons. The number of benzene rings is 2. The third-order valence-corrected chi connectivity index (χ3v) is 6.53. The van der Waals surface area contributed by atoms with Crippen LogP contribution < -0.4 is 4.90 Å². The maximum Gasteiger partial charge on any atom is 0.246 e. The summed E-state index contributed by atoms with van der Waals surface area (Å²) in [6.45, 7) is 7.10. The van der Waals surface area contributed by atoms with Crippen molar-refractivity contribution in [1.82, 2.24) is 24.6 Å². The molecule has 1 amide bonds. The summed E-state index contributed by atoms with van der Waals surface area (Å²) >= 11 is 0. The minimum Gasteiger partial charge on any atom is -0.354 e. The Morgan fingerprint density at radius 1 is 0.944 bits per heavy atom. The van der Waals surface area contributed by atoms with Gasteiger partial charge in [-0.3, -0.25) is 4.79 Å². The fourth-order valence-electron chi connectivity index (χ4n) is 4.71. The third kappa shape index (κ3) is 5.00. The Bertz CT molecular complexity index is 1360. The zero-order valence-electron chi connectivity index (χ0n) is 21.0. The number of hydrogen-bond acceptors (Lipinski definition) is 5. The van der Waals surface area contributed by atoms with Crippen molar-refractivity contribution in [1.29, 1.82) is 0 Å². The zero-order chi connectivity index (χ0) is 24.9. The minimum absolute atomic E-state index is 0.0493. The normalized spacial score (nSPS) is 14.5. The number of rotatable bonds is 6. The van der Waals surface area contributed by atoms with Gasteiger partial charge in [0.2, 0.25) is 5.91 Å². The Hall–Kier alpha value is -4.00. The minimum atomic E-state index is 0.0493. The maximum absolute atomic E-state index is 12.9. The predicted molar refractivity (Wildman–Crippen MR) is 144 cm³/mol. The van der Waals surface area contributed by atoms with Crippen molar-refractivity contribution in [2.45, 2.75) is 33.1 Å². The van der Waals surface area contributed by atoms with Gasteiger partial charge in [0.05, 0.1) is 16.8 Å². The average molecular weight is 481 g/mol. The molecular weight excluding hydrogens is 448 g/mol. The van der Waals surface area contributed by atoms with Crippen LogP contribution in [0.2, 0.25) is 0 Å². The molecule has 7 heteroatoms. The summed E-state index contributed by atoms with van der Waals surface area (Å²) in [4.78, 5) is 27.1. The summed E-state index contributed by atoms with van der Waals surface area (Å²) in [7, 11) is 0. The van der Waals surface area contributed by atoms with Gasteiger partial charge in [-0.25, -0.2) is 14.6 Å². The molecule has 1 fully saturated rings. The SMILES string of the molecule is CCCc1nc(N2CCCN(C(=O)/C=C/c3ccccc3)CC2)c2c(C)nn(-c3ccccc3)c2n1. The first kappa shape index (κ1) is 23.7. The molecule has 1 aliphatic heterocycles. The zero-order valence-corrected chi connectivity index (χ0v) is 21.0. The Balaban J connectivity index is 1.43. The Kier molecular flexibility index (Phi) is 7.07. The van der Waals surface area contributed by atoms with Crippen molar-refractivity contribution >= 4 is 28.8 Å². The number of aryl methyl sites for hydroxylation is 2. The summed E-state index contributed by atoms with van der Waals surface area (Å²) < 4.78 is 1.93. The van der Waals surface area contributed by atoms with Crippen molar-refractivity contribution in [3.63, 3.8) is 0 Å². The van der Waals surface area contributed by atoms with Gasteiger partial charge in [0, 0.05) is 38.7 Å². The van der Waals surface area contributed by atoms with Crippen molar-refractivity contribution in [2.75, 3.05) is 31.1 Å². The third-order valence-electron chi connectivity index (χ3n) is 6.53. The van der Waals surface area contributed by atoms with Gasteiger partial charge in [0.25, 0.3) is 0 Å². The number of anilines is 1. The average Bonchev–Trinajstić information content (AvgIpc) is 3.07. The van der Waals surface area contributed by atoms with Crippen LogP contribution in [0.1, 0.15) is 36.8 Å². The second-order valence-electron chi connectivity index (χ2n) is 9.15. The van der Waals surface area contributed by atoms with E-state index in [4.69, 9.17) is 15.1 Å². The highest BCUT2D eigenvalue weighted by molar-refractivity contribution is 5.92. The van der Waals surface area contributed by atoms with E-state index >= 15 is 0 Å².